The van der Waals surface area contributed by atoms with Crippen molar-refractivity contribution < 1.29 is 62.1 Å². The molecule has 1 fully saturated rings. The van der Waals surface area contributed by atoms with Crippen molar-refractivity contribution in [3.8, 4) is 0 Å². The average Bonchev–Trinajstić information content (AvgIpc) is 2.86. The number of hydrogen-bond donors (Lipinski definition) is 1. The lowest BCUT2D eigenvalue weighted by Crippen LogP contribution is -2.40. The monoisotopic (exact) mass is 426 g/mol. The zero-order valence-electron chi connectivity index (χ0n) is 11.6. The molecule has 0 radical (unpaired) electrons. The SMILES string of the molecule is NN(C(=O)OC1COS(=O)O1)P(=O)(OCC(F)(F)F)OCC(F)(F)F. The molecule has 25 heavy (non-hydrogen) atoms. The van der Waals surface area contributed by atoms with Crippen molar-refractivity contribution in [2.75, 3.05) is 19.8 Å². The second-order valence-electron chi connectivity index (χ2n) is 3.99. The fraction of sp³-hybridized carbons (Fsp3) is 0.857. The Bertz CT molecular complexity index is 536. The summed E-state index contributed by atoms with van der Waals surface area (Å²) in [6.45, 7) is -5.27. The third-order valence-corrected chi connectivity index (χ3v) is 4.25. The van der Waals surface area contributed by atoms with Gasteiger partial charge in [0, 0.05) is 0 Å². The average molecular weight is 426 g/mol. The molecule has 1 amide bonds. The van der Waals surface area contributed by atoms with Gasteiger partial charge in [-0.15, -0.1) is 4.78 Å². The fourth-order valence-electron chi connectivity index (χ4n) is 1.05. The van der Waals surface area contributed by atoms with E-state index in [4.69, 9.17) is 5.84 Å². The second kappa shape index (κ2) is 8.15. The van der Waals surface area contributed by atoms with Gasteiger partial charge in [0.2, 0.25) is 6.29 Å². The van der Waals surface area contributed by atoms with E-state index in [1.54, 1.807) is 0 Å². The maximum atomic E-state index is 12.1. The minimum absolute atomic E-state index is 0.594. The van der Waals surface area contributed by atoms with Gasteiger partial charge < -0.3 is 4.74 Å². The highest BCUT2D eigenvalue weighted by Crippen LogP contribution is 2.52. The van der Waals surface area contributed by atoms with E-state index >= 15 is 0 Å². The lowest BCUT2D eigenvalue weighted by molar-refractivity contribution is -0.167. The molecule has 18 heteroatoms. The quantitative estimate of drug-likeness (QED) is 0.221. The molecule has 2 unspecified atom stereocenters. The molecule has 1 aliphatic rings. The van der Waals surface area contributed by atoms with E-state index in [2.05, 4.69) is 22.2 Å². The van der Waals surface area contributed by atoms with Crippen LogP contribution in [0.2, 0.25) is 0 Å². The molecular weight excluding hydrogens is 417 g/mol. The standard InChI is InChI=1S/C7H9F6N2O8PS/c8-6(9,10)2-19-24(17,20-3-7(11,12)13)15(14)5(16)22-4-1-21-25(18)23-4/h4H,1-3,14H2. The molecule has 0 saturated carbocycles. The first-order chi connectivity index (χ1) is 11.2. The van der Waals surface area contributed by atoms with Crippen LogP contribution in [0.25, 0.3) is 0 Å². The Morgan fingerprint density at radius 2 is 1.68 bits per heavy atom. The summed E-state index contributed by atoms with van der Waals surface area (Å²) in [6, 6.07) is 0. The van der Waals surface area contributed by atoms with Crippen LogP contribution < -0.4 is 5.84 Å². The highest BCUT2D eigenvalue weighted by molar-refractivity contribution is 7.75. The van der Waals surface area contributed by atoms with Gasteiger partial charge in [-0.3, -0.25) is 13.2 Å². The first-order valence-corrected chi connectivity index (χ1v) is 8.22. The predicted molar refractivity (Wildman–Crippen MR) is 63.1 cm³/mol. The van der Waals surface area contributed by atoms with Gasteiger partial charge in [-0.25, -0.2) is 19.4 Å². The minimum Gasteiger partial charge on any atom is -0.414 e. The molecule has 2 atom stereocenters. The molecule has 0 bridgehead atoms. The highest BCUT2D eigenvalue weighted by atomic mass is 32.2. The summed E-state index contributed by atoms with van der Waals surface area (Å²) in [7, 11) is -5.61. The number of amides is 1. The molecule has 0 aromatic carbocycles. The Kier molecular flexibility index (Phi) is 7.20. The molecule has 0 aliphatic carbocycles. The Hall–Kier alpha value is -0.970. The van der Waals surface area contributed by atoms with E-state index in [0.29, 0.717) is 0 Å². The molecule has 1 saturated heterocycles. The molecule has 1 aliphatic heterocycles. The fourth-order valence-corrected chi connectivity index (χ4v) is 2.78. The summed E-state index contributed by atoms with van der Waals surface area (Å²) in [6.07, 6.45) is -13.9. The number of carbonyl (C=O) groups excluding carboxylic acids is 1. The van der Waals surface area contributed by atoms with Gasteiger partial charge in [-0.05, 0) is 0 Å². The van der Waals surface area contributed by atoms with Crippen molar-refractivity contribution in [2.45, 2.75) is 18.6 Å². The van der Waals surface area contributed by atoms with Crippen molar-refractivity contribution in [2.24, 2.45) is 5.84 Å². The van der Waals surface area contributed by atoms with Gasteiger partial charge in [0.15, 0.2) is 13.2 Å². The zero-order valence-corrected chi connectivity index (χ0v) is 13.3. The Morgan fingerprint density at radius 3 is 2.04 bits per heavy atom. The number of ether oxygens (including phenoxy) is 1. The van der Waals surface area contributed by atoms with Gasteiger partial charge in [0.05, 0.1) is 0 Å². The van der Waals surface area contributed by atoms with Crippen LogP contribution in [0.4, 0.5) is 31.1 Å². The van der Waals surface area contributed by atoms with E-state index in [-0.39, 0.29) is 0 Å². The summed E-state index contributed by atoms with van der Waals surface area (Å²) in [5, 5.41) is 0. The second-order valence-corrected chi connectivity index (χ2v) is 6.71. The van der Waals surface area contributed by atoms with E-state index in [1.165, 1.54) is 0 Å². The lowest BCUT2D eigenvalue weighted by atomic mass is 10.7. The first kappa shape index (κ1) is 22.1. The van der Waals surface area contributed by atoms with Crippen LogP contribution >= 0.6 is 7.75 Å². The molecule has 10 nitrogen and oxygen atoms in total. The number of rotatable bonds is 6. The number of nitrogens with two attached hydrogens (primary N) is 1. The maximum absolute atomic E-state index is 12.1. The van der Waals surface area contributed by atoms with Gasteiger partial charge in [-0.2, -0.15) is 30.6 Å². The van der Waals surface area contributed by atoms with E-state index in [1.807, 2.05) is 0 Å². The number of hydrogen-bond acceptors (Lipinski definition) is 9. The smallest absolute Gasteiger partial charge is 0.414 e. The molecule has 2 N–H and O–H groups in total. The van der Waals surface area contributed by atoms with Crippen LogP contribution in [0, 0.1) is 0 Å². The number of hydrazine groups is 1. The predicted octanol–water partition coefficient (Wildman–Crippen LogP) is 1.52. The molecule has 0 spiro atoms. The van der Waals surface area contributed by atoms with Crippen LogP contribution in [0.15, 0.2) is 0 Å². The molecule has 1 heterocycles. The van der Waals surface area contributed by atoms with E-state index in [0.717, 1.165) is 0 Å². The normalized spacial score (nSPS) is 22.0. The summed E-state index contributed by atoms with van der Waals surface area (Å²) in [5.74, 6) is 4.91. The Labute approximate surface area is 137 Å². The Balaban J connectivity index is 2.82. The van der Waals surface area contributed by atoms with Crippen LogP contribution in [0.3, 0.4) is 0 Å². The number of carbonyl (C=O) groups is 1. The number of nitrogens with zero attached hydrogens (tertiary/aromatic N) is 1. The third-order valence-electron chi connectivity index (χ3n) is 1.95. The van der Waals surface area contributed by atoms with Crippen molar-refractivity contribution in [1.82, 2.24) is 4.78 Å². The molecule has 148 valence electrons. The van der Waals surface area contributed by atoms with E-state index in [9.17, 15) is 39.9 Å². The minimum atomic E-state index is -5.61. The van der Waals surface area contributed by atoms with Gasteiger partial charge in [0.25, 0.3) is 0 Å². The maximum Gasteiger partial charge on any atom is 0.455 e. The van der Waals surface area contributed by atoms with E-state index < -0.39 is 68.4 Å². The van der Waals surface area contributed by atoms with Crippen molar-refractivity contribution in [3.63, 3.8) is 0 Å². The van der Waals surface area contributed by atoms with Crippen LogP contribution in [0.5, 0.6) is 0 Å². The van der Waals surface area contributed by atoms with Gasteiger partial charge in [0.1, 0.15) is 6.61 Å². The molecule has 0 aromatic heterocycles. The summed E-state index contributed by atoms with van der Waals surface area (Å²) >= 11 is -2.30. The molecule has 0 aromatic rings. The molecular formula is C7H9F6N2O8PS. The van der Waals surface area contributed by atoms with Crippen molar-refractivity contribution in [1.29, 1.82) is 0 Å². The van der Waals surface area contributed by atoms with Gasteiger partial charge >= 0.3 is 37.6 Å². The van der Waals surface area contributed by atoms with Crippen LogP contribution in [-0.4, -0.2) is 53.5 Å². The summed E-state index contributed by atoms with van der Waals surface area (Å²) in [4.78, 5) is 11.6. The molecule has 1 rings (SSSR count). The van der Waals surface area contributed by atoms with Crippen molar-refractivity contribution >= 4 is 25.2 Å². The topological polar surface area (TPSA) is 127 Å². The largest absolute Gasteiger partial charge is 0.455 e. The lowest BCUT2D eigenvalue weighted by Gasteiger charge is -2.26. The van der Waals surface area contributed by atoms with Crippen LogP contribution in [-0.2, 0) is 38.1 Å². The Morgan fingerprint density at radius 1 is 1.20 bits per heavy atom. The number of alkyl halides is 6. The summed E-state index contributed by atoms with van der Waals surface area (Å²) < 4.78 is 115. The summed E-state index contributed by atoms with van der Waals surface area (Å²) in [5.41, 5.74) is 0. The zero-order chi connectivity index (χ0) is 19.5. The highest BCUT2D eigenvalue weighted by Gasteiger charge is 2.45. The number of halogens is 6. The van der Waals surface area contributed by atoms with Gasteiger partial charge in [-0.1, -0.05) is 0 Å². The third kappa shape index (κ3) is 7.85. The van der Waals surface area contributed by atoms with Crippen LogP contribution in [0.1, 0.15) is 0 Å². The first-order valence-electron chi connectivity index (χ1n) is 5.72. The van der Waals surface area contributed by atoms with Crippen molar-refractivity contribution in [3.05, 3.63) is 0 Å².